The number of sulfonamides is 1. The van der Waals surface area contributed by atoms with Crippen LogP contribution in [0.5, 0.6) is 0 Å². The number of nitrogens with zero attached hydrogens (tertiary/aromatic N) is 3. The van der Waals surface area contributed by atoms with Gasteiger partial charge >= 0.3 is 6.18 Å². The summed E-state index contributed by atoms with van der Waals surface area (Å²) in [6, 6.07) is 9.07. The lowest BCUT2D eigenvalue weighted by molar-refractivity contribution is -0.137. The second-order valence-corrected chi connectivity index (χ2v) is 7.51. The minimum absolute atomic E-state index is 0.0722. The lowest BCUT2D eigenvalue weighted by atomic mass is 10.1. The van der Waals surface area contributed by atoms with E-state index in [2.05, 4.69) is 14.8 Å². The molecular weight excluding hydrogens is 381 g/mol. The van der Waals surface area contributed by atoms with Crippen molar-refractivity contribution in [3.63, 3.8) is 0 Å². The Morgan fingerprint density at radius 3 is 2.44 bits per heavy atom. The molecule has 6 nitrogen and oxygen atoms in total. The average molecular weight is 396 g/mol. The maximum absolute atomic E-state index is 13.0. The van der Waals surface area contributed by atoms with Crippen molar-refractivity contribution in [1.82, 2.24) is 14.8 Å². The molecular formula is C17H15F3N4O2S. The Morgan fingerprint density at radius 2 is 1.81 bits per heavy atom. The molecule has 3 aromatic rings. The molecule has 0 aliphatic carbocycles. The van der Waals surface area contributed by atoms with Crippen molar-refractivity contribution in [2.45, 2.75) is 24.9 Å². The number of pyridine rings is 1. The van der Waals surface area contributed by atoms with Crippen LogP contribution in [0.1, 0.15) is 16.8 Å². The first kappa shape index (κ1) is 18.9. The van der Waals surface area contributed by atoms with Gasteiger partial charge in [-0.2, -0.15) is 23.0 Å². The van der Waals surface area contributed by atoms with E-state index in [4.69, 9.17) is 0 Å². The van der Waals surface area contributed by atoms with Crippen molar-refractivity contribution in [1.29, 1.82) is 0 Å². The summed E-state index contributed by atoms with van der Waals surface area (Å²) in [5, 5.41) is 4.19. The molecule has 2 aromatic heterocycles. The Kier molecular flexibility index (Phi) is 4.68. The first-order valence-corrected chi connectivity index (χ1v) is 9.25. The van der Waals surface area contributed by atoms with Crippen molar-refractivity contribution >= 4 is 15.8 Å². The topological polar surface area (TPSA) is 76.9 Å². The summed E-state index contributed by atoms with van der Waals surface area (Å²) in [5.41, 5.74) is -0.335. The summed E-state index contributed by atoms with van der Waals surface area (Å²) in [7, 11) is -4.28. The van der Waals surface area contributed by atoms with E-state index in [9.17, 15) is 21.6 Å². The highest BCUT2D eigenvalue weighted by Crippen LogP contribution is 2.32. The maximum Gasteiger partial charge on any atom is 0.416 e. The van der Waals surface area contributed by atoms with Gasteiger partial charge in [0.1, 0.15) is 5.82 Å². The maximum atomic E-state index is 13.0. The third kappa shape index (κ3) is 3.95. The van der Waals surface area contributed by atoms with Crippen molar-refractivity contribution in [3.8, 4) is 5.82 Å². The first-order chi connectivity index (χ1) is 12.6. The molecule has 1 N–H and O–H groups in total. The molecule has 2 heterocycles. The summed E-state index contributed by atoms with van der Waals surface area (Å²) < 4.78 is 68.0. The quantitative estimate of drug-likeness (QED) is 0.730. The predicted octanol–water partition coefficient (Wildman–Crippen LogP) is 3.70. The van der Waals surface area contributed by atoms with Gasteiger partial charge in [0.25, 0.3) is 10.0 Å². The smallest absolute Gasteiger partial charge is 0.263 e. The van der Waals surface area contributed by atoms with Crippen LogP contribution in [0.25, 0.3) is 5.82 Å². The molecule has 1 aromatic carbocycles. The van der Waals surface area contributed by atoms with E-state index < -0.39 is 26.7 Å². The summed E-state index contributed by atoms with van der Waals surface area (Å²) in [6.07, 6.45) is -3.13. The third-order valence-electron chi connectivity index (χ3n) is 3.74. The lowest BCUT2D eigenvalue weighted by Crippen LogP contribution is -2.18. The van der Waals surface area contributed by atoms with Gasteiger partial charge in [-0.15, -0.1) is 0 Å². The Balaban J connectivity index is 2.04. The van der Waals surface area contributed by atoms with Gasteiger partial charge in [0, 0.05) is 12.3 Å². The lowest BCUT2D eigenvalue weighted by Gasteiger charge is -2.14. The van der Waals surface area contributed by atoms with E-state index in [0.29, 0.717) is 17.6 Å². The Bertz CT molecular complexity index is 1080. The van der Waals surface area contributed by atoms with Gasteiger partial charge in [-0.1, -0.05) is 12.1 Å². The van der Waals surface area contributed by atoms with Gasteiger partial charge in [0.2, 0.25) is 0 Å². The van der Waals surface area contributed by atoms with Crippen LogP contribution in [0, 0.1) is 13.8 Å². The number of aryl methyl sites for hydroxylation is 2. The second-order valence-electron chi connectivity index (χ2n) is 5.85. The standard InChI is InChI=1S/C17H15F3N4O2S/c1-11-6-7-13(17(18,19)20)10-14(11)27(25,26)23-16-9-12(2)22-24(16)15-5-3-4-8-21-15/h3-10,23H,1-2H3. The highest BCUT2D eigenvalue weighted by molar-refractivity contribution is 7.92. The van der Waals surface area contributed by atoms with E-state index in [1.807, 2.05) is 0 Å². The van der Waals surface area contributed by atoms with Gasteiger partial charge < -0.3 is 0 Å². The predicted molar refractivity (Wildman–Crippen MR) is 93.1 cm³/mol. The van der Waals surface area contributed by atoms with E-state index >= 15 is 0 Å². The van der Waals surface area contributed by atoms with E-state index in [0.717, 1.165) is 12.1 Å². The number of rotatable bonds is 4. The van der Waals surface area contributed by atoms with Crippen LogP contribution in [-0.2, 0) is 16.2 Å². The highest BCUT2D eigenvalue weighted by atomic mass is 32.2. The SMILES string of the molecule is Cc1cc(NS(=O)(=O)c2cc(C(F)(F)F)ccc2C)n(-c2ccccn2)n1. The fraction of sp³-hybridized carbons (Fsp3) is 0.176. The van der Waals surface area contributed by atoms with Crippen LogP contribution >= 0.6 is 0 Å². The zero-order valence-corrected chi connectivity index (χ0v) is 15.1. The zero-order chi connectivity index (χ0) is 19.8. The van der Waals surface area contributed by atoms with Crippen LogP contribution in [0.3, 0.4) is 0 Å². The number of benzene rings is 1. The molecule has 0 fully saturated rings. The number of nitrogens with one attached hydrogen (secondary N) is 1. The van der Waals surface area contributed by atoms with Crippen LogP contribution in [0.15, 0.2) is 53.6 Å². The Hall–Kier alpha value is -2.88. The Morgan fingerprint density at radius 1 is 1.07 bits per heavy atom. The largest absolute Gasteiger partial charge is 0.416 e. The number of hydrogen-bond acceptors (Lipinski definition) is 4. The first-order valence-electron chi connectivity index (χ1n) is 7.77. The average Bonchev–Trinajstić information content (AvgIpc) is 2.94. The molecule has 142 valence electrons. The molecule has 3 rings (SSSR count). The van der Waals surface area contributed by atoms with E-state index in [-0.39, 0.29) is 11.4 Å². The minimum atomic E-state index is -4.65. The van der Waals surface area contributed by atoms with E-state index in [1.165, 1.54) is 23.9 Å². The van der Waals surface area contributed by atoms with Crippen LogP contribution in [0.2, 0.25) is 0 Å². The fourth-order valence-electron chi connectivity index (χ4n) is 2.48. The summed E-state index contributed by atoms with van der Waals surface area (Å²) in [4.78, 5) is 3.65. The Labute approximate surface area is 153 Å². The molecule has 0 saturated carbocycles. The van der Waals surface area contributed by atoms with Crippen molar-refractivity contribution in [2.75, 3.05) is 4.72 Å². The highest BCUT2D eigenvalue weighted by Gasteiger charge is 2.32. The number of hydrogen-bond donors (Lipinski definition) is 1. The molecule has 0 bridgehead atoms. The molecule has 0 aliphatic heterocycles. The molecule has 0 saturated heterocycles. The molecule has 0 radical (unpaired) electrons. The molecule has 10 heteroatoms. The van der Waals surface area contributed by atoms with E-state index in [1.54, 1.807) is 25.1 Å². The summed E-state index contributed by atoms with van der Waals surface area (Å²) in [6.45, 7) is 3.09. The van der Waals surface area contributed by atoms with Gasteiger partial charge in [-0.05, 0) is 43.7 Å². The van der Waals surface area contributed by atoms with Gasteiger partial charge in [0.05, 0.1) is 16.2 Å². The van der Waals surface area contributed by atoms with Gasteiger partial charge in [-0.3, -0.25) is 4.72 Å². The van der Waals surface area contributed by atoms with Gasteiger partial charge in [0.15, 0.2) is 5.82 Å². The number of alkyl halides is 3. The van der Waals surface area contributed by atoms with Crippen LogP contribution < -0.4 is 4.72 Å². The monoisotopic (exact) mass is 396 g/mol. The fourth-order valence-corrected chi connectivity index (χ4v) is 3.79. The molecule has 27 heavy (non-hydrogen) atoms. The van der Waals surface area contributed by atoms with Crippen LogP contribution in [-0.4, -0.2) is 23.2 Å². The van der Waals surface area contributed by atoms with Crippen molar-refractivity contribution in [2.24, 2.45) is 0 Å². The second kappa shape index (κ2) is 6.69. The van der Waals surface area contributed by atoms with Gasteiger partial charge in [-0.25, -0.2) is 13.4 Å². The molecule has 0 spiro atoms. The summed E-state index contributed by atoms with van der Waals surface area (Å²) >= 11 is 0. The molecule has 0 aliphatic rings. The third-order valence-corrected chi connectivity index (χ3v) is 5.24. The number of halogens is 3. The molecule has 0 amide bonds. The summed E-state index contributed by atoms with van der Waals surface area (Å²) in [5.74, 6) is 0.437. The molecule has 0 atom stereocenters. The molecule has 0 unspecified atom stereocenters. The minimum Gasteiger partial charge on any atom is -0.263 e. The van der Waals surface area contributed by atoms with Crippen LogP contribution in [0.4, 0.5) is 19.0 Å². The number of anilines is 1. The normalized spacial score (nSPS) is 12.2. The number of aromatic nitrogens is 3. The van der Waals surface area contributed by atoms with Crippen molar-refractivity contribution < 1.29 is 21.6 Å². The zero-order valence-electron chi connectivity index (χ0n) is 14.3. The van der Waals surface area contributed by atoms with Crippen molar-refractivity contribution in [3.05, 3.63) is 65.5 Å².